The van der Waals surface area contributed by atoms with E-state index in [0.29, 0.717) is 11.4 Å². The Hall–Kier alpha value is -3.19. The number of hydrogen-bond donors (Lipinski definition) is 3. The standard InChI is InChI=1S/C20H18N4O2S/c21-18(25)19-24-17(11-27-19)13-5-7-15(8-6-13)22-20(26)23-16-9-4-12-2-1-3-14(12)10-16/h4-11H,1-3H2,(H2,21,25)(H2,22,23,26). The summed E-state index contributed by atoms with van der Waals surface area (Å²) >= 11 is 1.21. The lowest BCUT2D eigenvalue weighted by Gasteiger charge is -2.09. The molecule has 4 N–H and O–H groups in total. The number of primary amides is 1. The smallest absolute Gasteiger partial charge is 0.323 e. The number of benzene rings is 2. The van der Waals surface area contributed by atoms with Gasteiger partial charge in [-0.1, -0.05) is 18.2 Å². The van der Waals surface area contributed by atoms with Crippen molar-refractivity contribution in [1.82, 2.24) is 4.98 Å². The molecule has 0 saturated heterocycles. The molecule has 136 valence electrons. The minimum Gasteiger partial charge on any atom is -0.364 e. The van der Waals surface area contributed by atoms with E-state index in [1.54, 1.807) is 17.5 Å². The first-order chi connectivity index (χ1) is 13.1. The van der Waals surface area contributed by atoms with Crippen molar-refractivity contribution >= 4 is 34.6 Å². The van der Waals surface area contributed by atoms with Crippen molar-refractivity contribution in [1.29, 1.82) is 0 Å². The Bertz CT molecular complexity index is 1010. The fourth-order valence-corrected chi connectivity index (χ4v) is 3.87. The van der Waals surface area contributed by atoms with Gasteiger partial charge < -0.3 is 16.4 Å². The van der Waals surface area contributed by atoms with E-state index >= 15 is 0 Å². The van der Waals surface area contributed by atoms with Crippen molar-refractivity contribution in [2.45, 2.75) is 19.3 Å². The average molecular weight is 378 g/mol. The van der Waals surface area contributed by atoms with Crippen molar-refractivity contribution in [3.8, 4) is 11.3 Å². The topological polar surface area (TPSA) is 97.1 Å². The van der Waals surface area contributed by atoms with Gasteiger partial charge in [-0.3, -0.25) is 4.79 Å². The predicted octanol–water partition coefficient (Wildman–Crippen LogP) is 4.04. The fraction of sp³-hybridized carbons (Fsp3) is 0.150. The molecule has 7 heteroatoms. The minimum atomic E-state index is -0.534. The van der Waals surface area contributed by atoms with Crippen LogP contribution in [-0.2, 0) is 12.8 Å². The molecule has 6 nitrogen and oxygen atoms in total. The zero-order chi connectivity index (χ0) is 18.8. The molecule has 0 bridgehead atoms. The van der Waals surface area contributed by atoms with Crippen LogP contribution in [0.25, 0.3) is 11.3 Å². The quantitative estimate of drug-likeness (QED) is 0.639. The third kappa shape index (κ3) is 3.83. The van der Waals surface area contributed by atoms with Crippen LogP contribution >= 0.6 is 11.3 Å². The summed E-state index contributed by atoms with van der Waals surface area (Å²) in [5, 5.41) is 7.75. The number of nitrogens with one attached hydrogen (secondary N) is 2. The van der Waals surface area contributed by atoms with Crippen molar-refractivity contribution in [2.75, 3.05) is 10.6 Å². The van der Waals surface area contributed by atoms with Gasteiger partial charge in [0.1, 0.15) is 0 Å². The van der Waals surface area contributed by atoms with E-state index in [4.69, 9.17) is 5.73 Å². The van der Waals surface area contributed by atoms with Gasteiger partial charge in [-0.2, -0.15) is 0 Å². The minimum absolute atomic E-state index is 0.279. The highest BCUT2D eigenvalue weighted by Crippen LogP contribution is 2.26. The van der Waals surface area contributed by atoms with Crippen molar-refractivity contribution < 1.29 is 9.59 Å². The number of urea groups is 1. The fourth-order valence-electron chi connectivity index (χ4n) is 3.19. The Balaban J connectivity index is 1.40. The lowest BCUT2D eigenvalue weighted by molar-refractivity contribution is 0.1000. The molecular formula is C20H18N4O2S. The number of thiazole rings is 1. The summed E-state index contributed by atoms with van der Waals surface area (Å²) in [4.78, 5) is 27.6. The molecule has 4 rings (SSSR count). The first-order valence-corrected chi connectivity index (χ1v) is 9.52. The van der Waals surface area contributed by atoms with Gasteiger partial charge in [0.25, 0.3) is 5.91 Å². The van der Waals surface area contributed by atoms with Gasteiger partial charge in [-0.05, 0) is 54.7 Å². The Kier molecular flexibility index (Phi) is 4.60. The van der Waals surface area contributed by atoms with Gasteiger partial charge in [0.15, 0.2) is 5.01 Å². The number of carbonyl (C=O) groups is 2. The summed E-state index contributed by atoms with van der Waals surface area (Å²) in [6.45, 7) is 0. The van der Waals surface area contributed by atoms with Gasteiger partial charge >= 0.3 is 6.03 Å². The summed E-state index contributed by atoms with van der Waals surface area (Å²) < 4.78 is 0. The van der Waals surface area contributed by atoms with Crippen LogP contribution < -0.4 is 16.4 Å². The lowest BCUT2D eigenvalue weighted by Crippen LogP contribution is -2.19. The third-order valence-electron chi connectivity index (χ3n) is 4.51. The van der Waals surface area contributed by atoms with Crippen LogP contribution in [0.15, 0.2) is 47.8 Å². The van der Waals surface area contributed by atoms with Crippen LogP contribution in [0.3, 0.4) is 0 Å². The molecule has 0 unspecified atom stereocenters. The first kappa shape index (κ1) is 17.2. The number of anilines is 2. The zero-order valence-corrected chi connectivity index (χ0v) is 15.3. The molecule has 2 aromatic carbocycles. The molecule has 1 aliphatic carbocycles. The van der Waals surface area contributed by atoms with E-state index in [2.05, 4.69) is 21.7 Å². The maximum absolute atomic E-state index is 12.2. The Morgan fingerprint density at radius 2 is 1.67 bits per heavy atom. The average Bonchev–Trinajstić information content (AvgIpc) is 3.31. The summed E-state index contributed by atoms with van der Waals surface area (Å²) in [5.41, 5.74) is 10.9. The molecule has 0 saturated carbocycles. The molecule has 1 heterocycles. The number of nitrogens with zero attached hydrogens (tertiary/aromatic N) is 1. The molecule has 1 aromatic heterocycles. The maximum atomic E-state index is 12.2. The second-order valence-corrected chi connectivity index (χ2v) is 7.25. The third-order valence-corrected chi connectivity index (χ3v) is 5.37. The monoisotopic (exact) mass is 378 g/mol. The SMILES string of the molecule is NC(=O)c1nc(-c2ccc(NC(=O)Nc3ccc4c(c3)CCC4)cc2)cs1. The molecule has 27 heavy (non-hydrogen) atoms. The van der Waals surface area contributed by atoms with Crippen molar-refractivity contribution in [2.24, 2.45) is 5.73 Å². The van der Waals surface area contributed by atoms with Gasteiger partial charge in [0.05, 0.1) is 5.69 Å². The summed E-state index contributed by atoms with van der Waals surface area (Å²) in [5.74, 6) is -0.534. The van der Waals surface area contributed by atoms with E-state index in [9.17, 15) is 9.59 Å². The predicted molar refractivity (Wildman–Crippen MR) is 107 cm³/mol. The van der Waals surface area contributed by atoms with Crippen LogP contribution in [0.4, 0.5) is 16.2 Å². The number of hydrogen-bond acceptors (Lipinski definition) is 4. The molecule has 3 amide bonds. The lowest BCUT2D eigenvalue weighted by atomic mass is 10.1. The van der Waals surface area contributed by atoms with Crippen LogP contribution in [0.2, 0.25) is 0 Å². The van der Waals surface area contributed by atoms with E-state index in [0.717, 1.165) is 24.1 Å². The zero-order valence-electron chi connectivity index (χ0n) is 14.5. The van der Waals surface area contributed by atoms with Gasteiger partial charge in [0, 0.05) is 22.3 Å². The number of fused-ring (bicyclic) bond motifs is 1. The highest BCUT2D eigenvalue weighted by atomic mass is 32.1. The van der Waals surface area contributed by atoms with E-state index in [1.807, 2.05) is 24.3 Å². The van der Waals surface area contributed by atoms with Crippen LogP contribution in [0.1, 0.15) is 27.3 Å². The molecule has 0 aliphatic heterocycles. The molecule has 0 atom stereocenters. The number of aryl methyl sites for hydroxylation is 2. The Labute approximate surface area is 160 Å². The first-order valence-electron chi connectivity index (χ1n) is 8.64. The number of amides is 3. The Morgan fingerprint density at radius 1 is 0.963 bits per heavy atom. The van der Waals surface area contributed by atoms with Gasteiger partial charge in [0.2, 0.25) is 0 Å². The molecule has 1 aliphatic rings. The maximum Gasteiger partial charge on any atom is 0.323 e. The number of aromatic nitrogens is 1. The second kappa shape index (κ2) is 7.20. The summed E-state index contributed by atoms with van der Waals surface area (Å²) in [6, 6.07) is 13.0. The number of nitrogens with two attached hydrogens (primary N) is 1. The van der Waals surface area contributed by atoms with Crippen LogP contribution in [0, 0.1) is 0 Å². The van der Waals surface area contributed by atoms with Crippen LogP contribution in [0.5, 0.6) is 0 Å². The van der Waals surface area contributed by atoms with Gasteiger partial charge in [-0.15, -0.1) is 11.3 Å². The summed E-state index contributed by atoms with van der Waals surface area (Å²) in [6.07, 6.45) is 3.37. The number of carbonyl (C=O) groups excluding carboxylic acids is 2. The highest BCUT2D eigenvalue weighted by Gasteiger charge is 2.12. The van der Waals surface area contributed by atoms with Crippen molar-refractivity contribution in [3.63, 3.8) is 0 Å². The summed E-state index contributed by atoms with van der Waals surface area (Å²) in [7, 11) is 0. The molecule has 0 spiro atoms. The van der Waals surface area contributed by atoms with Crippen molar-refractivity contribution in [3.05, 3.63) is 64.0 Å². The molecule has 0 radical (unpaired) electrons. The molecule has 0 fully saturated rings. The normalized spacial score (nSPS) is 12.4. The van der Waals surface area contributed by atoms with Gasteiger partial charge in [-0.25, -0.2) is 9.78 Å². The van der Waals surface area contributed by atoms with E-state index in [1.165, 1.54) is 28.9 Å². The Morgan fingerprint density at radius 3 is 2.41 bits per heavy atom. The van der Waals surface area contributed by atoms with E-state index < -0.39 is 5.91 Å². The largest absolute Gasteiger partial charge is 0.364 e. The number of rotatable bonds is 4. The second-order valence-electron chi connectivity index (χ2n) is 6.40. The van der Waals surface area contributed by atoms with Crippen LogP contribution in [-0.4, -0.2) is 16.9 Å². The molecule has 3 aromatic rings. The van der Waals surface area contributed by atoms with E-state index in [-0.39, 0.29) is 11.0 Å². The highest BCUT2D eigenvalue weighted by molar-refractivity contribution is 7.12. The molecular weight excluding hydrogens is 360 g/mol.